The molecule has 1 aromatic carbocycles. The summed E-state index contributed by atoms with van der Waals surface area (Å²) in [7, 11) is 5.64. The Kier molecular flexibility index (Phi) is 5.28. The monoisotopic (exact) mass is 468 g/mol. The van der Waals surface area contributed by atoms with Crippen LogP contribution in [0.4, 0.5) is 22.0 Å². The van der Waals surface area contributed by atoms with Crippen LogP contribution >= 0.6 is 0 Å². The number of benzene rings is 1. The maximum Gasteiger partial charge on any atom is 0.323 e. The van der Waals surface area contributed by atoms with Crippen molar-refractivity contribution in [1.82, 2.24) is 19.9 Å². The highest BCUT2D eigenvalue weighted by Crippen LogP contribution is 2.76. The quantitative estimate of drug-likeness (QED) is 0.657. The molecule has 0 amide bonds. The number of halogens is 1. The number of rotatable bonds is 7. The molecule has 3 saturated carbocycles. The molecular weight excluding hydrogens is 435 g/mol. The predicted molar refractivity (Wildman–Crippen MR) is 127 cm³/mol. The van der Waals surface area contributed by atoms with Crippen LogP contribution in [0.15, 0.2) is 18.2 Å². The van der Waals surface area contributed by atoms with E-state index in [4.69, 9.17) is 14.5 Å². The highest BCUT2D eigenvalue weighted by atomic mass is 19.1. The lowest BCUT2D eigenvalue weighted by Crippen LogP contribution is -2.45. The molecule has 1 aliphatic heterocycles. The number of hydrogen-bond donors (Lipinski definition) is 1. The van der Waals surface area contributed by atoms with E-state index in [9.17, 15) is 4.39 Å². The number of hydrogen-bond acceptors (Lipinski definition) is 8. The van der Waals surface area contributed by atoms with Gasteiger partial charge in [0.05, 0.1) is 7.11 Å². The van der Waals surface area contributed by atoms with Gasteiger partial charge in [-0.3, -0.25) is 0 Å². The van der Waals surface area contributed by atoms with Gasteiger partial charge < -0.3 is 24.6 Å². The first kappa shape index (κ1) is 21.8. The van der Waals surface area contributed by atoms with E-state index in [0.717, 1.165) is 38.3 Å². The average molecular weight is 469 g/mol. The van der Waals surface area contributed by atoms with Gasteiger partial charge in [-0.2, -0.15) is 15.0 Å². The van der Waals surface area contributed by atoms with E-state index in [0.29, 0.717) is 41.0 Å². The molecule has 0 bridgehead atoms. The fourth-order valence-electron chi connectivity index (χ4n) is 6.52. The van der Waals surface area contributed by atoms with Crippen LogP contribution in [-0.4, -0.2) is 66.3 Å². The summed E-state index contributed by atoms with van der Waals surface area (Å²) in [5.74, 6) is 2.25. The zero-order valence-electron chi connectivity index (χ0n) is 20.1. The minimum Gasteiger partial charge on any atom is -0.494 e. The SMILES string of the molecule is COc1ccc(Nc2nc(OC3CC45CC4CCC35)nc(N(C)C3CCN(C)CC3)n2)cc1F. The molecule has 2 aromatic rings. The fourth-order valence-corrected chi connectivity index (χ4v) is 6.52. The van der Waals surface area contributed by atoms with E-state index in [1.54, 1.807) is 12.1 Å². The first-order valence-corrected chi connectivity index (χ1v) is 12.4. The van der Waals surface area contributed by atoms with Crippen LogP contribution in [-0.2, 0) is 0 Å². The zero-order chi connectivity index (χ0) is 23.4. The molecule has 4 atom stereocenters. The van der Waals surface area contributed by atoms with Gasteiger partial charge in [-0.25, -0.2) is 4.39 Å². The molecular formula is C25H33FN6O2. The van der Waals surface area contributed by atoms with Gasteiger partial charge >= 0.3 is 6.01 Å². The molecule has 182 valence electrons. The fraction of sp³-hybridized carbons (Fsp3) is 0.640. The smallest absolute Gasteiger partial charge is 0.323 e. The summed E-state index contributed by atoms with van der Waals surface area (Å²) in [6.07, 6.45) is 7.35. The Morgan fingerprint density at radius 3 is 2.65 bits per heavy atom. The summed E-state index contributed by atoms with van der Waals surface area (Å²) in [6.45, 7) is 2.10. The van der Waals surface area contributed by atoms with Crippen molar-refractivity contribution >= 4 is 17.6 Å². The van der Waals surface area contributed by atoms with Crippen molar-refractivity contribution in [2.24, 2.45) is 17.3 Å². The maximum absolute atomic E-state index is 14.2. The second-order valence-electron chi connectivity index (χ2n) is 10.5. The van der Waals surface area contributed by atoms with E-state index >= 15 is 0 Å². The van der Waals surface area contributed by atoms with Crippen molar-refractivity contribution in [3.05, 3.63) is 24.0 Å². The molecule has 4 aliphatic rings. The third kappa shape index (κ3) is 3.74. The van der Waals surface area contributed by atoms with Gasteiger partial charge in [0.15, 0.2) is 11.6 Å². The van der Waals surface area contributed by atoms with Crippen molar-refractivity contribution < 1.29 is 13.9 Å². The lowest BCUT2D eigenvalue weighted by molar-refractivity contribution is -0.0275. The van der Waals surface area contributed by atoms with E-state index in [2.05, 4.69) is 32.1 Å². The van der Waals surface area contributed by atoms with E-state index in [-0.39, 0.29) is 11.9 Å². The topological polar surface area (TPSA) is 75.6 Å². The Hall–Kier alpha value is -2.68. The van der Waals surface area contributed by atoms with Gasteiger partial charge in [0.1, 0.15) is 6.10 Å². The van der Waals surface area contributed by atoms with Crippen LogP contribution in [0.25, 0.3) is 0 Å². The van der Waals surface area contributed by atoms with E-state index in [1.165, 1.54) is 32.4 Å². The van der Waals surface area contributed by atoms with Crippen LogP contribution in [0, 0.1) is 23.1 Å². The minimum absolute atomic E-state index is 0.183. The number of aromatic nitrogens is 3. The summed E-state index contributed by atoms with van der Waals surface area (Å²) in [5, 5.41) is 3.14. The number of likely N-dealkylation sites (tertiary alicyclic amines) is 1. The van der Waals surface area contributed by atoms with Crippen LogP contribution in [0.3, 0.4) is 0 Å². The van der Waals surface area contributed by atoms with Gasteiger partial charge in [-0.1, -0.05) is 0 Å². The molecule has 1 spiro atoms. The second kappa shape index (κ2) is 8.22. The van der Waals surface area contributed by atoms with Crippen molar-refractivity contribution in [1.29, 1.82) is 0 Å². The van der Waals surface area contributed by atoms with Gasteiger partial charge in [0, 0.05) is 30.8 Å². The lowest BCUT2D eigenvalue weighted by Gasteiger charge is -2.42. The van der Waals surface area contributed by atoms with Crippen molar-refractivity contribution in [2.75, 3.05) is 44.5 Å². The zero-order valence-corrected chi connectivity index (χ0v) is 20.1. The summed E-state index contributed by atoms with van der Waals surface area (Å²) < 4.78 is 25.6. The number of anilines is 3. The molecule has 4 fully saturated rings. The normalized spacial score (nSPS) is 30.2. The maximum atomic E-state index is 14.2. The Morgan fingerprint density at radius 1 is 1.12 bits per heavy atom. The predicted octanol–water partition coefficient (Wildman–Crippen LogP) is 3.86. The van der Waals surface area contributed by atoms with Crippen molar-refractivity contribution in [3.8, 4) is 11.8 Å². The Labute approximate surface area is 199 Å². The molecule has 9 heteroatoms. The molecule has 1 N–H and O–H groups in total. The van der Waals surface area contributed by atoms with Gasteiger partial charge in [-0.15, -0.1) is 0 Å². The summed E-state index contributed by atoms with van der Waals surface area (Å²) in [6, 6.07) is 5.41. The van der Waals surface area contributed by atoms with Gasteiger partial charge in [-0.05, 0) is 82.1 Å². The first-order valence-electron chi connectivity index (χ1n) is 12.4. The summed E-state index contributed by atoms with van der Waals surface area (Å²) >= 11 is 0. The number of piperidine rings is 1. The van der Waals surface area contributed by atoms with Crippen LogP contribution in [0.5, 0.6) is 11.8 Å². The van der Waals surface area contributed by atoms with Crippen LogP contribution in [0.2, 0.25) is 0 Å². The molecule has 3 aliphatic carbocycles. The van der Waals surface area contributed by atoms with Gasteiger partial charge in [0.2, 0.25) is 11.9 Å². The standard InChI is InChI=1S/C25H33FN6O2/c1-31-10-8-17(9-11-31)32(2)23-28-22(27-16-5-7-20(33-3)19(26)12-16)29-24(30-23)34-21-14-25-13-15(25)4-6-18(21)25/h5,7,12,15,17-18,21H,4,6,8-11,13-14H2,1-3H3,(H,27,28,29,30). The molecule has 0 radical (unpaired) electrons. The lowest BCUT2D eigenvalue weighted by atomic mass is 9.68. The molecule has 2 heterocycles. The summed E-state index contributed by atoms with van der Waals surface area (Å²) in [5.41, 5.74) is 1.11. The number of ether oxygens (including phenoxy) is 2. The third-order valence-electron chi connectivity index (χ3n) is 8.69. The average Bonchev–Trinajstić information content (AvgIpc) is 3.47. The molecule has 6 rings (SSSR count). The number of nitrogens with zero attached hydrogens (tertiary/aromatic N) is 5. The minimum atomic E-state index is -0.443. The van der Waals surface area contributed by atoms with Gasteiger partial charge in [0.25, 0.3) is 0 Å². The second-order valence-corrected chi connectivity index (χ2v) is 10.5. The molecule has 1 aromatic heterocycles. The Morgan fingerprint density at radius 2 is 1.94 bits per heavy atom. The van der Waals surface area contributed by atoms with Crippen molar-refractivity contribution in [2.45, 2.75) is 50.7 Å². The van der Waals surface area contributed by atoms with Crippen LogP contribution in [0.1, 0.15) is 38.5 Å². The molecule has 8 nitrogen and oxygen atoms in total. The summed E-state index contributed by atoms with van der Waals surface area (Å²) in [4.78, 5) is 18.4. The molecule has 34 heavy (non-hydrogen) atoms. The Bertz CT molecular complexity index is 1080. The highest BCUT2D eigenvalue weighted by molar-refractivity contribution is 5.56. The third-order valence-corrected chi connectivity index (χ3v) is 8.69. The molecule has 1 saturated heterocycles. The highest BCUT2D eigenvalue weighted by Gasteiger charge is 2.72. The number of methoxy groups -OCH3 is 1. The largest absolute Gasteiger partial charge is 0.494 e. The number of nitrogens with one attached hydrogen (secondary N) is 1. The van der Waals surface area contributed by atoms with Crippen LogP contribution < -0.4 is 19.7 Å². The Balaban J connectivity index is 1.25. The van der Waals surface area contributed by atoms with E-state index in [1.807, 2.05) is 7.05 Å². The van der Waals surface area contributed by atoms with Crippen molar-refractivity contribution in [3.63, 3.8) is 0 Å². The van der Waals surface area contributed by atoms with E-state index < -0.39 is 5.82 Å². The first-order chi connectivity index (χ1) is 16.4. The molecule has 4 unspecified atom stereocenters.